The highest BCUT2D eigenvalue weighted by Crippen LogP contribution is 2.15. The van der Waals surface area contributed by atoms with Crippen LogP contribution in [0.3, 0.4) is 0 Å². The number of amides is 1. The fourth-order valence-electron chi connectivity index (χ4n) is 3.49. The van der Waals surface area contributed by atoms with Crippen molar-refractivity contribution < 1.29 is 9.18 Å². The Kier molecular flexibility index (Phi) is 5.48. The van der Waals surface area contributed by atoms with Crippen LogP contribution >= 0.6 is 0 Å². The van der Waals surface area contributed by atoms with Gasteiger partial charge in [-0.15, -0.1) is 0 Å². The first kappa shape index (κ1) is 19.6. The second-order valence-corrected chi connectivity index (χ2v) is 7.33. The summed E-state index contributed by atoms with van der Waals surface area (Å²) >= 11 is 0. The molecule has 2 aromatic carbocycles. The Morgan fingerprint density at radius 1 is 0.967 bits per heavy atom. The zero-order chi connectivity index (χ0) is 21.1. The summed E-state index contributed by atoms with van der Waals surface area (Å²) in [4.78, 5) is 25.4. The number of carbonyl (C=O) groups excluding carboxylic acids is 1. The normalized spacial score (nSPS) is 11.0. The zero-order valence-corrected chi connectivity index (χ0v) is 16.6. The molecule has 5 nitrogen and oxygen atoms in total. The fourth-order valence-corrected chi connectivity index (χ4v) is 3.49. The maximum absolute atomic E-state index is 13.1. The molecule has 1 N–H and O–H groups in total. The van der Waals surface area contributed by atoms with Gasteiger partial charge in [-0.2, -0.15) is 0 Å². The first-order chi connectivity index (χ1) is 14.5. The van der Waals surface area contributed by atoms with E-state index in [4.69, 9.17) is 0 Å². The summed E-state index contributed by atoms with van der Waals surface area (Å²) in [6.07, 6.45) is 3.54. The van der Waals surface area contributed by atoms with Gasteiger partial charge in [-0.3, -0.25) is 9.59 Å². The molecule has 0 saturated carbocycles. The van der Waals surface area contributed by atoms with E-state index in [0.717, 1.165) is 22.1 Å². The Morgan fingerprint density at radius 2 is 1.67 bits per heavy atom. The van der Waals surface area contributed by atoms with Crippen LogP contribution in [0, 0.1) is 12.7 Å². The highest BCUT2D eigenvalue weighted by Gasteiger charge is 2.12. The average Bonchev–Trinajstić information content (AvgIpc) is 3.15. The van der Waals surface area contributed by atoms with Crippen LogP contribution in [0.4, 0.5) is 4.39 Å². The quantitative estimate of drug-likeness (QED) is 0.535. The van der Waals surface area contributed by atoms with Crippen molar-refractivity contribution in [3.8, 4) is 0 Å². The Labute approximate surface area is 173 Å². The van der Waals surface area contributed by atoms with Gasteiger partial charge in [0.15, 0.2) is 0 Å². The summed E-state index contributed by atoms with van der Waals surface area (Å²) in [7, 11) is 0. The molecule has 6 heteroatoms. The van der Waals surface area contributed by atoms with Crippen LogP contribution in [0.5, 0.6) is 0 Å². The summed E-state index contributed by atoms with van der Waals surface area (Å²) < 4.78 is 16.3. The highest BCUT2D eigenvalue weighted by atomic mass is 19.1. The molecular formula is C24H22FN3O2. The molecule has 0 aliphatic heterocycles. The Balaban J connectivity index is 1.52. The van der Waals surface area contributed by atoms with E-state index in [9.17, 15) is 14.0 Å². The summed E-state index contributed by atoms with van der Waals surface area (Å²) in [5, 5.41) is 3.61. The van der Waals surface area contributed by atoms with Crippen LogP contribution in [0.15, 0.2) is 77.9 Å². The lowest BCUT2D eigenvalue weighted by molar-refractivity contribution is -0.121. The van der Waals surface area contributed by atoms with E-state index in [0.29, 0.717) is 12.1 Å². The Hall–Kier alpha value is -3.67. The maximum Gasteiger partial charge on any atom is 0.275 e. The number of rotatable bonds is 6. The van der Waals surface area contributed by atoms with Crippen molar-refractivity contribution in [2.75, 3.05) is 0 Å². The van der Waals surface area contributed by atoms with Gasteiger partial charge in [-0.25, -0.2) is 4.39 Å². The van der Waals surface area contributed by atoms with E-state index >= 15 is 0 Å². The molecule has 0 saturated heterocycles. The number of nitrogens with zero attached hydrogens (tertiary/aromatic N) is 2. The van der Waals surface area contributed by atoms with E-state index in [1.54, 1.807) is 18.3 Å². The topological polar surface area (TPSA) is 56.0 Å². The largest absolute Gasteiger partial charge is 0.350 e. The van der Waals surface area contributed by atoms with Crippen molar-refractivity contribution in [3.05, 3.63) is 106 Å². The lowest BCUT2D eigenvalue weighted by Gasteiger charge is -2.11. The van der Waals surface area contributed by atoms with E-state index in [-0.39, 0.29) is 30.4 Å². The molecular weight excluding hydrogens is 381 g/mol. The molecule has 0 atom stereocenters. The number of benzene rings is 2. The van der Waals surface area contributed by atoms with Gasteiger partial charge in [0, 0.05) is 30.9 Å². The van der Waals surface area contributed by atoms with Crippen molar-refractivity contribution in [2.24, 2.45) is 0 Å². The third kappa shape index (κ3) is 4.17. The van der Waals surface area contributed by atoms with Gasteiger partial charge >= 0.3 is 0 Å². The molecule has 0 fully saturated rings. The van der Waals surface area contributed by atoms with Gasteiger partial charge in [-0.1, -0.05) is 36.4 Å². The third-order valence-corrected chi connectivity index (χ3v) is 5.21. The molecule has 2 aromatic heterocycles. The minimum absolute atomic E-state index is 0.0779. The minimum atomic E-state index is -0.321. The molecule has 0 aliphatic carbocycles. The number of pyridine rings is 1. The molecule has 4 rings (SSSR count). The predicted molar refractivity (Wildman–Crippen MR) is 115 cm³/mol. The first-order valence-electron chi connectivity index (χ1n) is 9.75. The Morgan fingerprint density at radius 3 is 2.40 bits per heavy atom. The van der Waals surface area contributed by atoms with Crippen molar-refractivity contribution in [2.45, 2.75) is 26.6 Å². The average molecular weight is 403 g/mol. The molecule has 1 amide bonds. The number of aromatic nitrogens is 2. The van der Waals surface area contributed by atoms with Crippen molar-refractivity contribution >= 4 is 16.8 Å². The van der Waals surface area contributed by atoms with E-state index in [1.165, 1.54) is 16.7 Å². The lowest BCUT2D eigenvalue weighted by Crippen LogP contribution is -2.32. The third-order valence-electron chi connectivity index (χ3n) is 5.21. The summed E-state index contributed by atoms with van der Waals surface area (Å²) in [6.45, 7) is 2.84. The van der Waals surface area contributed by atoms with Gasteiger partial charge in [0.05, 0.1) is 0 Å². The Bertz CT molecular complexity index is 1260. The SMILES string of the molecule is Cc1ccccc1Cn1ccc2ccn(CC(=O)NCc3ccc(F)cc3)c(=O)c21. The standard InChI is InChI=1S/C24H22FN3O2/c1-17-4-2-3-5-20(17)15-27-12-10-19-11-13-28(24(30)23(19)27)16-22(29)26-14-18-6-8-21(25)9-7-18/h2-13H,14-16H2,1H3,(H,26,29). The minimum Gasteiger partial charge on any atom is -0.350 e. The van der Waals surface area contributed by atoms with Crippen LogP contribution < -0.4 is 10.9 Å². The van der Waals surface area contributed by atoms with Gasteiger partial charge in [0.1, 0.15) is 17.9 Å². The van der Waals surface area contributed by atoms with E-state index in [1.807, 2.05) is 54.1 Å². The maximum atomic E-state index is 13.1. The molecule has 2 heterocycles. The fraction of sp³-hybridized carbons (Fsp3) is 0.167. The number of hydrogen-bond donors (Lipinski definition) is 1. The monoisotopic (exact) mass is 403 g/mol. The smallest absolute Gasteiger partial charge is 0.275 e. The molecule has 30 heavy (non-hydrogen) atoms. The number of nitrogens with one attached hydrogen (secondary N) is 1. The number of fused-ring (bicyclic) bond motifs is 1. The summed E-state index contributed by atoms with van der Waals surface area (Å²) in [5.41, 5.74) is 3.47. The summed E-state index contributed by atoms with van der Waals surface area (Å²) in [6, 6.07) is 17.8. The van der Waals surface area contributed by atoms with Crippen molar-refractivity contribution in [1.82, 2.24) is 14.5 Å². The first-order valence-corrected chi connectivity index (χ1v) is 9.75. The predicted octanol–water partition coefficient (Wildman–Crippen LogP) is 3.62. The molecule has 0 spiro atoms. The summed E-state index contributed by atoms with van der Waals surface area (Å²) in [5.74, 6) is -0.601. The van der Waals surface area contributed by atoms with Crippen LogP contribution in [-0.4, -0.2) is 15.0 Å². The molecule has 0 unspecified atom stereocenters. The van der Waals surface area contributed by atoms with Gasteiger partial charge in [0.2, 0.25) is 5.91 Å². The van der Waals surface area contributed by atoms with Crippen molar-refractivity contribution in [1.29, 1.82) is 0 Å². The lowest BCUT2D eigenvalue weighted by atomic mass is 10.1. The number of hydrogen-bond acceptors (Lipinski definition) is 2. The number of carbonyl (C=O) groups is 1. The molecule has 0 radical (unpaired) electrons. The van der Waals surface area contributed by atoms with Crippen LogP contribution in [0.2, 0.25) is 0 Å². The second-order valence-electron chi connectivity index (χ2n) is 7.33. The number of aryl methyl sites for hydroxylation is 1. The van der Waals surface area contributed by atoms with Gasteiger partial charge in [-0.05, 0) is 47.9 Å². The highest BCUT2D eigenvalue weighted by molar-refractivity contribution is 5.80. The molecule has 0 bridgehead atoms. The van der Waals surface area contributed by atoms with Gasteiger partial charge < -0.3 is 14.5 Å². The van der Waals surface area contributed by atoms with Crippen LogP contribution in [0.25, 0.3) is 10.9 Å². The van der Waals surface area contributed by atoms with Crippen LogP contribution in [-0.2, 0) is 24.4 Å². The van der Waals surface area contributed by atoms with E-state index < -0.39 is 0 Å². The molecule has 4 aromatic rings. The number of halogens is 1. The van der Waals surface area contributed by atoms with E-state index in [2.05, 4.69) is 5.32 Å². The van der Waals surface area contributed by atoms with Crippen molar-refractivity contribution in [3.63, 3.8) is 0 Å². The zero-order valence-electron chi connectivity index (χ0n) is 16.6. The van der Waals surface area contributed by atoms with Crippen LogP contribution in [0.1, 0.15) is 16.7 Å². The van der Waals surface area contributed by atoms with Gasteiger partial charge in [0.25, 0.3) is 5.56 Å². The molecule has 152 valence electrons. The second kappa shape index (κ2) is 8.37. The molecule has 0 aliphatic rings.